The molecule has 0 heterocycles. The van der Waals surface area contributed by atoms with Crippen molar-refractivity contribution in [2.24, 2.45) is 0 Å². The second kappa shape index (κ2) is 26.6. The lowest BCUT2D eigenvalue weighted by Crippen LogP contribution is -2.04. The summed E-state index contributed by atoms with van der Waals surface area (Å²) in [7, 11) is 0. The van der Waals surface area contributed by atoms with Gasteiger partial charge in [0.25, 0.3) is 0 Å². The molecule has 0 aliphatic carbocycles. The van der Waals surface area contributed by atoms with Gasteiger partial charge in [0.05, 0.1) is 13.2 Å². The predicted octanol–water partition coefficient (Wildman–Crippen LogP) is 12.5. The highest BCUT2D eigenvalue weighted by Gasteiger charge is 2.10. The summed E-state index contributed by atoms with van der Waals surface area (Å²) in [6, 6.07) is 14.9. The van der Waals surface area contributed by atoms with Crippen molar-refractivity contribution < 1.29 is 19.1 Å². The van der Waals surface area contributed by atoms with Crippen LogP contribution in [0.15, 0.2) is 48.5 Å². The van der Waals surface area contributed by atoms with Crippen LogP contribution in [0, 0.1) is 0 Å². The lowest BCUT2D eigenvalue weighted by Gasteiger charge is -2.08. The van der Waals surface area contributed by atoms with Crippen molar-refractivity contribution in [1.82, 2.24) is 0 Å². The second-order valence-electron chi connectivity index (χ2n) is 12.8. The van der Waals surface area contributed by atoms with Gasteiger partial charge in [-0.1, -0.05) is 129 Å². The Morgan fingerprint density at radius 3 is 1.00 bits per heavy atom. The molecule has 0 aromatic heterocycles. The number of hydrogen-bond donors (Lipinski definition) is 0. The average Bonchev–Trinajstić information content (AvgIpc) is 3.06. The van der Waals surface area contributed by atoms with E-state index in [1.165, 1.54) is 116 Å². The van der Waals surface area contributed by atoms with Gasteiger partial charge in [0, 0.05) is 24.0 Å². The van der Waals surface area contributed by atoms with E-state index < -0.39 is 0 Å². The van der Waals surface area contributed by atoms with Gasteiger partial charge in [-0.25, -0.2) is 0 Å². The molecular formula is C41H64O4. The van der Waals surface area contributed by atoms with Crippen LogP contribution in [-0.2, 0) is 0 Å². The van der Waals surface area contributed by atoms with E-state index in [2.05, 4.69) is 13.8 Å². The number of unbranched alkanes of at least 4 members (excludes halogenated alkanes) is 18. The first-order valence-corrected chi connectivity index (χ1v) is 18.7. The summed E-state index contributed by atoms with van der Waals surface area (Å²) in [6.07, 6.45) is 27.5. The lowest BCUT2D eigenvalue weighted by atomic mass is 10.0. The maximum atomic E-state index is 12.7. The van der Waals surface area contributed by atoms with Crippen LogP contribution in [0.5, 0.6) is 11.5 Å². The van der Waals surface area contributed by atoms with Gasteiger partial charge in [0.1, 0.15) is 11.5 Å². The summed E-state index contributed by atoms with van der Waals surface area (Å²) in [5.74, 6) is 1.77. The quantitative estimate of drug-likeness (QED) is 0.0644. The molecule has 0 spiro atoms. The van der Waals surface area contributed by atoms with Gasteiger partial charge in [0.2, 0.25) is 0 Å². The van der Waals surface area contributed by atoms with Gasteiger partial charge in [-0.05, 0) is 67.8 Å². The molecule has 252 valence electrons. The van der Waals surface area contributed by atoms with Gasteiger partial charge >= 0.3 is 0 Å². The Hall–Kier alpha value is -2.62. The van der Waals surface area contributed by atoms with E-state index in [0.29, 0.717) is 30.4 Å². The number of hydrogen-bond acceptors (Lipinski definition) is 4. The fourth-order valence-corrected chi connectivity index (χ4v) is 5.73. The molecule has 4 nitrogen and oxygen atoms in total. The molecule has 0 atom stereocenters. The fourth-order valence-electron chi connectivity index (χ4n) is 5.73. The Bertz CT molecular complexity index is 914. The van der Waals surface area contributed by atoms with Crippen LogP contribution in [0.25, 0.3) is 0 Å². The number of carbonyl (C=O) groups excluding carboxylic acids is 2. The van der Waals surface area contributed by atoms with E-state index in [1.54, 1.807) is 0 Å². The number of Topliss-reactive ketones (excluding diaryl/α,β-unsaturated/α-hetero) is 2. The van der Waals surface area contributed by atoms with Gasteiger partial charge in [0.15, 0.2) is 11.6 Å². The van der Waals surface area contributed by atoms with Crippen molar-refractivity contribution in [2.75, 3.05) is 13.2 Å². The highest BCUT2D eigenvalue weighted by atomic mass is 16.5. The molecule has 4 heteroatoms. The molecule has 0 aliphatic heterocycles. The zero-order valence-electron chi connectivity index (χ0n) is 28.9. The van der Waals surface area contributed by atoms with Gasteiger partial charge in [-0.2, -0.15) is 0 Å². The van der Waals surface area contributed by atoms with E-state index in [4.69, 9.17) is 9.47 Å². The lowest BCUT2D eigenvalue weighted by molar-refractivity contribution is 0.0957. The number of benzene rings is 2. The van der Waals surface area contributed by atoms with Crippen molar-refractivity contribution in [3.8, 4) is 11.5 Å². The molecule has 2 aromatic rings. The molecule has 0 N–H and O–H groups in total. The van der Waals surface area contributed by atoms with E-state index in [-0.39, 0.29) is 11.6 Å². The van der Waals surface area contributed by atoms with Crippen LogP contribution >= 0.6 is 0 Å². The normalized spacial score (nSPS) is 11.1. The van der Waals surface area contributed by atoms with Crippen molar-refractivity contribution in [3.63, 3.8) is 0 Å². The number of ketones is 2. The zero-order chi connectivity index (χ0) is 32.2. The molecule has 0 saturated carbocycles. The van der Waals surface area contributed by atoms with Crippen molar-refractivity contribution in [2.45, 2.75) is 162 Å². The van der Waals surface area contributed by atoms with Crippen LogP contribution in [0.4, 0.5) is 0 Å². The first-order chi connectivity index (χ1) is 22.1. The minimum atomic E-state index is 0.0692. The molecule has 0 aliphatic rings. The summed E-state index contributed by atoms with van der Waals surface area (Å²) in [5, 5.41) is 0. The standard InChI is InChI=1S/C41H64O4/c1-3-5-7-9-11-13-15-17-19-21-34-44-38-30-26-36(27-31-38)40(42)24-23-25-41(43)37-28-32-39(33-29-37)45-35-22-20-18-16-14-12-10-8-6-4-2/h26-33H,3-25,34-35H2,1-2H3. The molecule has 0 unspecified atom stereocenters. The third kappa shape index (κ3) is 19.5. The minimum absolute atomic E-state index is 0.0692. The van der Waals surface area contributed by atoms with Crippen LogP contribution in [0.1, 0.15) is 182 Å². The van der Waals surface area contributed by atoms with Crippen molar-refractivity contribution in [3.05, 3.63) is 59.7 Å². The Balaban J connectivity index is 1.51. The number of carbonyl (C=O) groups is 2. The highest BCUT2D eigenvalue weighted by Crippen LogP contribution is 2.18. The second-order valence-corrected chi connectivity index (χ2v) is 12.8. The first kappa shape index (κ1) is 38.6. The molecule has 45 heavy (non-hydrogen) atoms. The smallest absolute Gasteiger partial charge is 0.162 e. The molecule has 0 amide bonds. The summed E-state index contributed by atoms with van der Waals surface area (Å²) < 4.78 is 11.8. The van der Waals surface area contributed by atoms with Crippen LogP contribution in [0.3, 0.4) is 0 Å². The summed E-state index contributed by atoms with van der Waals surface area (Å²) in [6.45, 7) is 5.97. The highest BCUT2D eigenvalue weighted by molar-refractivity contribution is 5.98. The third-order valence-electron chi connectivity index (χ3n) is 8.69. The predicted molar refractivity (Wildman–Crippen MR) is 190 cm³/mol. The van der Waals surface area contributed by atoms with Gasteiger partial charge in [-0.3, -0.25) is 9.59 Å². The fraction of sp³-hybridized carbons (Fsp3) is 0.659. The van der Waals surface area contributed by atoms with E-state index in [9.17, 15) is 9.59 Å². The Morgan fingerprint density at radius 1 is 0.400 bits per heavy atom. The largest absolute Gasteiger partial charge is 0.494 e. The van der Waals surface area contributed by atoms with Gasteiger partial charge in [-0.15, -0.1) is 0 Å². The van der Waals surface area contributed by atoms with Gasteiger partial charge < -0.3 is 9.47 Å². The monoisotopic (exact) mass is 620 g/mol. The van der Waals surface area contributed by atoms with E-state index in [0.717, 1.165) is 37.6 Å². The van der Waals surface area contributed by atoms with Crippen molar-refractivity contribution in [1.29, 1.82) is 0 Å². The molecule has 0 bridgehead atoms. The summed E-state index contributed by atoms with van der Waals surface area (Å²) in [4.78, 5) is 25.3. The number of ether oxygens (including phenoxy) is 2. The topological polar surface area (TPSA) is 52.6 Å². The van der Waals surface area contributed by atoms with E-state index in [1.807, 2.05) is 48.5 Å². The van der Waals surface area contributed by atoms with Crippen molar-refractivity contribution >= 4 is 11.6 Å². The summed E-state index contributed by atoms with van der Waals surface area (Å²) in [5.41, 5.74) is 1.36. The zero-order valence-corrected chi connectivity index (χ0v) is 28.9. The third-order valence-corrected chi connectivity index (χ3v) is 8.69. The molecule has 0 fully saturated rings. The molecular weight excluding hydrogens is 556 g/mol. The minimum Gasteiger partial charge on any atom is -0.494 e. The summed E-state index contributed by atoms with van der Waals surface area (Å²) >= 11 is 0. The Labute approximate surface area is 276 Å². The van der Waals surface area contributed by atoms with E-state index >= 15 is 0 Å². The van der Waals surface area contributed by atoms with Crippen LogP contribution in [0.2, 0.25) is 0 Å². The van der Waals surface area contributed by atoms with Crippen LogP contribution < -0.4 is 9.47 Å². The Kier molecular flexibility index (Phi) is 22.8. The average molecular weight is 621 g/mol. The molecule has 0 saturated heterocycles. The maximum absolute atomic E-state index is 12.7. The molecule has 0 radical (unpaired) electrons. The number of rotatable bonds is 30. The maximum Gasteiger partial charge on any atom is 0.162 e. The molecule has 2 aromatic carbocycles. The van der Waals surface area contributed by atoms with Crippen LogP contribution in [-0.4, -0.2) is 24.8 Å². The molecule has 2 rings (SSSR count). The Morgan fingerprint density at radius 2 is 0.689 bits per heavy atom. The first-order valence-electron chi connectivity index (χ1n) is 18.7. The SMILES string of the molecule is CCCCCCCCCCCCOc1ccc(C(=O)CCCC(=O)c2ccc(OCCCCCCCCCCCC)cc2)cc1.